The Morgan fingerprint density at radius 2 is 2.22 bits per heavy atom. The molecule has 0 radical (unpaired) electrons. The van der Waals surface area contributed by atoms with E-state index in [0.29, 0.717) is 12.1 Å². The molecule has 98 valence electrons. The van der Waals surface area contributed by atoms with Gasteiger partial charge in [-0.05, 0) is 31.9 Å². The lowest BCUT2D eigenvalue weighted by molar-refractivity contribution is 0.186. The van der Waals surface area contributed by atoms with Crippen molar-refractivity contribution in [2.75, 3.05) is 13.1 Å². The molecule has 1 aromatic rings. The largest absolute Gasteiger partial charge is 0.489 e. The zero-order valence-corrected chi connectivity index (χ0v) is 11.3. The topological polar surface area (TPSA) is 24.5 Å². The van der Waals surface area contributed by atoms with Crippen LogP contribution in [0.3, 0.4) is 0 Å². The fourth-order valence-electron chi connectivity index (χ4n) is 2.91. The fourth-order valence-corrected chi connectivity index (χ4v) is 2.91. The minimum Gasteiger partial charge on any atom is -0.489 e. The molecule has 2 aliphatic heterocycles. The monoisotopic (exact) mass is 246 g/mol. The molecular formula is C15H22N2O. The average molecular weight is 246 g/mol. The van der Waals surface area contributed by atoms with Gasteiger partial charge >= 0.3 is 0 Å². The Kier molecular flexibility index (Phi) is 3.27. The molecule has 0 saturated carbocycles. The van der Waals surface area contributed by atoms with Crippen molar-refractivity contribution in [1.82, 2.24) is 10.2 Å². The lowest BCUT2D eigenvalue weighted by atomic mass is 10.1. The number of benzene rings is 1. The van der Waals surface area contributed by atoms with Gasteiger partial charge in [-0.2, -0.15) is 0 Å². The van der Waals surface area contributed by atoms with E-state index in [4.69, 9.17) is 4.74 Å². The second-order valence-corrected chi connectivity index (χ2v) is 5.61. The van der Waals surface area contributed by atoms with Crippen molar-refractivity contribution in [3.8, 4) is 5.75 Å². The first kappa shape index (κ1) is 12.0. The summed E-state index contributed by atoms with van der Waals surface area (Å²) in [6.07, 6.45) is 1.51. The van der Waals surface area contributed by atoms with Crippen molar-refractivity contribution in [2.24, 2.45) is 0 Å². The van der Waals surface area contributed by atoms with Crippen LogP contribution in [0.25, 0.3) is 0 Å². The maximum atomic E-state index is 6.22. The van der Waals surface area contributed by atoms with E-state index in [2.05, 4.69) is 42.3 Å². The van der Waals surface area contributed by atoms with Crippen molar-refractivity contribution >= 4 is 0 Å². The minimum atomic E-state index is 0.361. The van der Waals surface area contributed by atoms with Crippen LogP contribution in [0.4, 0.5) is 0 Å². The number of nitrogens with one attached hydrogen (secondary N) is 1. The van der Waals surface area contributed by atoms with E-state index in [1.807, 2.05) is 0 Å². The molecule has 1 saturated heterocycles. The van der Waals surface area contributed by atoms with Crippen LogP contribution in [-0.4, -0.2) is 30.1 Å². The number of fused-ring (bicyclic) bond motifs is 1. The van der Waals surface area contributed by atoms with Gasteiger partial charge in [-0.3, -0.25) is 4.90 Å². The highest BCUT2D eigenvalue weighted by Gasteiger charge is 2.26. The lowest BCUT2D eigenvalue weighted by Gasteiger charge is -2.21. The van der Waals surface area contributed by atoms with Crippen LogP contribution >= 0.6 is 0 Å². The summed E-state index contributed by atoms with van der Waals surface area (Å²) in [5.41, 5.74) is 2.76. The number of hydrogen-bond acceptors (Lipinski definition) is 3. The molecule has 1 atom stereocenters. The molecule has 3 nitrogen and oxygen atoms in total. The number of rotatable bonds is 3. The van der Waals surface area contributed by atoms with Crippen LogP contribution in [-0.2, 0) is 13.1 Å². The smallest absolute Gasteiger partial charge is 0.124 e. The van der Waals surface area contributed by atoms with Gasteiger partial charge in [-0.15, -0.1) is 0 Å². The van der Waals surface area contributed by atoms with Crippen molar-refractivity contribution in [3.63, 3.8) is 0 Å². The van der Waals surface area contributed by atoms with Gasteiger partial charge in [-0.25, -0.2) is 0 Å². The van der Waals surface area contributed by atoms with Gasteiger partial charge in [0, 0.05) is 37.8 Å². The van der Waals surface area contributed by atoms with Gasteiger partial charge in [0.05, 0.1) is 0 Å². The van der Waals surface area contributed by atoms with Gasteiger partial charge in [0.25, 0.3) is 0 Å². The molecule has 0 spiro atoms. The Hall–Kier alpha value is -1.06. The highest BCUT2D eigenvalue weighted by Crippen LogP contribution is 2.28. The molecule has 0 amide bonds. The Labute approximate surface area is 109 Å². The van der Waals surface area contributed by atoms with Gasteiger partial charge in [-0.1, -0.05) is 12.1 Å². The quantitative estimate of drug-likeness (QED) is 0.884. The van der Waals surface area contributed by atoms with Gasteiger partial charge in [0.15, 0.2) is 0 Å². The van der Waals surface area contributed by atoms with E-state index < -0.39 is 0 Å². The maximum Gasteiger partial charge on any atom is 0.124 e. The molecule has 2 heterocycles. The number of hydrogen-bond donors (Lipinski definition) is 1. The molecular weight excluding hydrogens is 224 g/mol. The summed E-state index contributed by atoms with van der Waals surface area (Å²) in [6, 6.07) is 7.04. The number of likely N-dealkylation sites (tertiary alicyclic amines) is 1. The molecule has 18 heavy (non-hydrogen) atoms. The van der Waals surface area contributed by atoms with E-state index >= 15 is 0 Å². The van der Waals surface area contributed by atoms with Gasteiger partial charge < -0.3 is 10.1 Å². The third-order valence-electron chi connectivity index (χ3n) is 4.05. The van der Waals surface area contributed by atoms with Gasteiger partial charge in [0.1, 0.15) is 11.9 Å². The molecule has 1 N–H and O–H groups in total. The number of nitrogens with zero attached hydrogens (tertiary/aromatic N) is 1. The summed E-state index contributed by atoms with van der Waals surface area (Å²) in [4.78, 5) is 2.49. The van der Waals surface area contributed by atoms with Crippen LogP contribution in [0, 0.1) is 0 Å². The molecule has 0 aliphatic carbocycles. The average Bonchev–Trinajstić information content (AvgIpc) is 2.97. The predicted octanol–water partition coefficient (Wildman–Crippen LogP) is 2.15. The van der Waals surface area contributed by atoms with E-state index in [1.165, 1.54) is 11.1 Å². The molecule has 1 aromatic carbocycles. The SMILES string of the molecule is CC(C)N1CCC(Oc2cccc3c2CNC3)C1. The third-order valence-corrected chi connectivity index (χ3v) is 4.05. The van der Waals surface area contributed by atoms with Crippen LogP contribution in [0.1, 0.15) is 31.4 Å². The highest BCUT2D eigenvalue weighted by molar-refractivity contribution is 5.42. The first-order valence-corrected chi connectivity index (χ1v) is 6.96. The van der Waals surface area contributed by atoms with E-state index in [0.717, 1.165) is 38.3 Å². The van der Waals surface area contributed by atoms with E-state index in [9.17, 15) is 0 Å². The zero-order chi connectivity index (χ0) is 12.5. The molecule has 0 aromatic heterocycles. The Balaban J connectivity index is 1.69. The van der Waals surface area contributed by atoms with Crippen LogP contribution in [0.15, 0.2) is 18.2 Å². The van der Waals surface area contributed by atoms with E-state index in [1.54, 1.807) is 0 Å². The summed E-state index contributed by atoms with van der Waals surface area (Å²) in [5.74, 6) is 1.09. The zero-order valence-electron chi connectivity index (χ0n) is 11.3. The maximum absolute atomic E-state index is 6.22. The molecule has 0 bridgehead atoms. The second kappa shape index (κ2) is 4.90. The van der Waals surface area contributed by atoms with Crippen molar-refractivity contribution < 1.29 is 4.74 Å². The van der Waals surface area contributed by atoms with Crippen molar-refractivity contribution in [1.29, 1.82) is 0 Å². The minimum absolute atomic E-state index is 0.361. The van der Waals surface area contributed by atoms with Crippen LogP contribution in [0.2, 0.25) is 0 Å². The fraction of sp³-hybridized carbons (Fsp3) is 0.600. The Bertz CT molecular complexity index is 431. The van der Waals surface area contributed by atoms with Crippen LogP contribution < -0.4 is 10.1 Å². The standard InChI is InChI=1S/C15H22N2O/c1-11(2)17-7-6-13(10-17)18-15-5-3-4-12-8-16-9-14(12)15/h3-5,11,13,16H,6-10H2,1-2H3. The van der Waals surface area contributed by atoms with Crippen molar-refractivity contribution in [3.05, 3.63) is 29.3 Å². The Morgan fingerprint density at radius 3 is 3.00 bits per heavy atom. The second-order valence-electron chi connectivity index (χ2n) is 5.61. The van der Waals surface area contributed by atoms with E-state index in [-0.39, 0.29) is 0 Å². The normalized spacial score (nSPS) is 23.6. The van der Waals surface area contributed by atoms with Crippen molar-refractivity contribution in [2.45, 2.75) is 45.5 Å². The summed E-state index contributed by atoms with van der Waals surface area (Å²) in [7, 11) is 0. The molecule has 3 rings (SSSR count). The first-order chi connectivity index (χ1) is 8.74. The summed E-state index contributed by atoms with van der Waals surface area (Å²) in [5, 5.41) is 3.39. The summed E-state index contributed by atoms with van der Waals surface area (Å²) in [6.45, 7) is 8.67. The first-order valence-electron chi connectivity index (χ1n) is 6.96. The summed E-state index contributed by atoms with van der Waals surface area (Å²) < 4.78 is 6.22. The highest BCUT2D eigenvalue weighted by atomic mass is 16.5. The van der Waals surface area contributed by atoms with Gasteiger partial charge in [0.2, 0.25) is 0 Å². The third kappa shape index (κ3) is 2.25. The summed E-state index contributed by atoms with van der Waals surface area (Å²) >= 11 is 0. The predicted molar refractivity (Wildman–Crippen MR) is 72.7 cm³/mol. The Morgan fingerprint density at radius 1 is 1.33 bits per heavy atom. The molecule has 1 unspecified atom stereocenters. The lowest BCUT2D eigenvalue weighted by Crippen LogP contribution is -2.30. The molecule has 2 aliphatic rings. The molecule has 1 fully saturated rings. The number of ether oxygens (including phenoxy) is 1. The molecule has 3 heteroatoms. The van der Waals surface area contributed by atoms with Crippen LogP contribution in [0.5, 0.6) is 5.75 Å².